The first-order valence-electron chi connectivity index (χ1n) is 11.7. The molecule has 3 aromatic rings. The molecule has 1 aromatic heterocycles. The molecule has 9 heteroatoms. The maximum atomic E-state index is 12.9. The number of H-pyrrole nitrogens is 1. The number of carbonyl (C=O) groups excluding carboxylic acids is 2. The van der Waals surface area contributed by atoms with E-state index in [-0.39, 0.29) is 30.8 Å². The first-order chi connectivity index (χ1) is 16.9. The van der Waals surface area contributed by atoms with Crippen molar-refractivity contribution in [3.05, 3.63) is 71.0 Å². The van der Waals surface area contributed by atoms with Gasteiger partial charge in [0, 0.05) is 17.2 Å². The van der Waals surface area contributed by atoms with Crippen molar-refractivity contribution >= 4 is 23.5 Å². The maximum Gasteiger partial charge on any atom is 0.314 e. The fourth-order valence-corrected chi connectivity index (χ4v) is 5.07. The highest BCUT2D eigenvalue weighted by molar-refractivity contribution is 6.30. The van der Waals surface area contributed by atoms with Crippen molar-refractivity contribution in [2.75, 3.05) is 19.8 Å². The van der Waals surface area contributed by atoms with Crippen molar-refractivity contribution in [1.82, 2.24) is 20.7 Å². The number of carbonyl (C=O) groups is 2. The second-order valence-electron chi connectivity index (χ2n) is 8.98. The van der Waals surface area contributed by atoms with Crippen LogP contribution in [0, 0.1) is 5.41 Å². The van der Waals surface area contributed by atoms with Gasteiger partial charge in [0.15, 0.2) is 0 Å². The van der Waals surface area contributed by atoms with Crippen LogP contribution in [0.25, 0.3) is 11.1 Å². The summed E-state index contributed by atoms with van der Waals surface area (Å²) in [5.41, 5.74) is 1.92. The van der Waals surface area contributed by atoms with Gasteiger partial charge in [0.2, 0.25) is 0 Å². The van der Waals surface area contributed by atoms with Crippen molar-refractivity contribution < 1.29 is 19.1 Å². The molecule has 0 atom stereocenters. The van der Waals surface area contributed by atoms with Crippen LogP contribution in [-0.2, 0) is 20.7 Å². The summed E-state index contributed by atoms with van der Waals surface area (Å²) < 4.78 is 11.0. The van der Waals surface area contributed by atoms with E-state index in [2.05, 4.69) is 20.7 Å². The number of aromatic nitrogens is 3. The lowest BCUT2D eigenvalue weighted by atomic mass is 9.55. The summed E-state index contributed by atoms with van der Waals surface area (Å²) in [6.45, 7) is 4.70. The monoisotopic (exact) mass is 496 g/mol. The maximum absolute atomic E-state index is 12.9. The average Bonchev–Trinajstić information content (AvgIpc) is 3.37. The molecule has 0 unspecified atom stereocenters. The van der Waals surface area contributed by atoms with Gasteiger partial charge in [0.05, 0.1) is 24.8 Å². The van der Waals surface area contributed by atoms with E-state index in [9.17, 15) is 9.59 Å². The van der Waals surface area contributed by atoms with Gasteiger partial charge < -0.3 is 14.8 Å². The fraction of sp³-hybridized carbons (Fsp3) is 0.385. The van der Waals surface area contributed by atoms with E-state index >= 15 is 0 Å². The number of halogens is 1. The van der Waals surface area contributed by atoms with Gasteiger partial charge in [-0.2, -0.15) is 0 Å². The highest BCUT2D eigenvalue weighted by Crippen LogP contribution is 2.51. The van der Waals surface area contributed by atoms with Crippen molar-refractivity contribution in [3.8, 4) is 11.1 Å². The summed E-state index contributed by atoms with van der Waals surface area (Å²) in [5, 5.41) is 13.7. The zero-order valence-corrected chi connectivity index (χ0v) is 20.6. The van der Waals surface area contributed by atoms with E-state index in [4.69, 9.17) is 21.1 Å². The number of hydrogen-bond donors (Lipinski definition) is 2. The number of rotatable bonds is 10. The lowest BCUT2D eigenvalue weighted by molar-refractivity contribution is -0.174. The van der Waals surface area contributed by atoms with Crippen LogP contribution >= 0.6 is 11.6 Å². The minimum atomic E-state index is -0.799. The minimum Gasteiger partial charge on any atom is -0.465 e. The molecule has 2 N–H and O–H groups in total. The number of benzene rings is 2. The van der Waals surface area contributed by atoms with Crippen LogP contribution in [0.3, 0.4) is 0 Å². The molecule has 0 bridgehead atoms. The molecule has 35 heavy (non-hydrogen) atoms. The Bertz CT molecular complexity index is 1160. The van der Waals surface area contributed by atoms with Gasteiger partial charge in [0.1, 0.15) is 5.69 Å². The van der Waals surface area contributed by atoms with Crippen LogP contribution < -0.4 is 5.32 Å². The van der Waals surface area contributed by atoms with Crippen LogP contribution in [0.5, 0.6) is 0 Å². The summed E-state index contributed by atoms with van der Waals surface area (Å²) in [7, 11) is 0. The van der Waals surface area contributed by atoms with E-state index in [0.717, 1.165) is 16.7 Å². The van der Waals surface area contributed by atoms with Gasteiger partial charge in [-0.3, -0.25) is 14.7 Å². The Labute approximate surface area is 209 Å². The molecule has 0 aliphatic heterocycles. The molecule has 1 saturated carbocycles. The Morgan fingerprint density at radius 3 is 2.49 bits per heavy atom. The normalized spacial score (nSPS) is 21.2. The van der Waals surface area contributed by atoms with Gasteiger partial charge in [-0.15, -0.1) is 5.10 Å². The Hall–Kier alpha value is -3.23. The zero-order valence-electron chi connectivity index (χ0n) is 19.8. The molecule has 4 rings (SSSR count). The molecular formula is C26H29ClN4O4. The smallest absolute Gasteiger partial charge is 0.314 e. The third-order valence-electron chi connectivity index (χ3n) is 6.34. The van der Waals surface area contributed by atoms with Crippen molar-refractivity contribution in [2.24, 2.45) is 5.41 Å². The molecule has 184 valence electrons. The number of aromatic amines is 1. The van der Waals surface area contributed by atoms with Gasteiger partial charge in [0.25, 0.3) is 5.91 Å². The van der Waals surface area contributed by atoms with E-state index in [1.165, 1.54) is 6.20 Å². The summed E-state index contributed by atoms with van der Waals surface area (Å²) in [6.07, 6.45) is 2.73. The summed E-state index contributed by atoms with van der Waals surface area (Å²) in [4.78, 5) is 25.8. The largest absolute Gasteiger partial charge is 0.465 e. The zero-order chi connectivity index (χ0) is 24.9. The second-order valence-corrected chi connectivity index (χ2v) is 9.42. The third-order valence-corrected chi connectivity index (χ3v) is 6.57. The molecule has 2 aromatic carbocycles. The Kier molecular flexibility index (Phi) is 7.52. The lowest BCUT2D eigenvalue weighted by Gasteiger charge is -2.54. The van der Waals surface area contributed by atoms with E-state index in [0.29, 0.717) is 30.9 Å². The molecule has 1 fully saturated rings. The number of nitrogens with one attached hydrogen (secondary N) is 2. The molecule has 1 aliphatic rings. The van der Waals surface area contributed by atoms with Gasteiger partial charge in [-0.25, -0.2) is 0 Å². The first-order valence-corrected chi connectivity index (χ1v) is 12.0. The van der Waals surface area contributed by atoms with Gasteiger partial charge >= 0.3 is 5.97 Å². The van der Waals surface area contributed by atoms with Crippen LogP contribution in [0.2, 0.25) is 5.02 Å². The SMILES string of the molecule is CCOC[C@]1(C(=O)OCC)C[C@](Cc2ccc(-c3cccc(Cl)c3)cc2)(NC(=O)c2cnn[nH]2)C1. The minimum absolute atomic E-state index is 0.249. The Morgan fingerprint density at radius 2 is 1.86 bits per heavy atom. The number of ether oxygens (including phenoxy) is 2. The van der Waals surface area contributed by atoms with Crippen LogP contribution in [0.15, 0.2) is 54.7 Å². The average molecular weight is 497 g/mol. The quantitative estimate of drug-likeness (QED) is 0.407. The predicted molar refractivity (Wildman–Crippen MR) is 132 cm³/mol. The fourth-order valence-electron chi connectivity index (χ4n) is 4.88. The Morgan fingerprint density at radius 1 is 1.09 bits per heavy atom. The number of hydrogen-bond acceptors (Lipinski definition) is 6. The second kappa shape index (κ2) is 10.6. The van der Waals surface area contributed by atoms with E-state index in [1.54, 1.807) is 6.92 Å². The molecule has 1 heterocycles. The standard InChI is InChI=1S/C26H29ClN4O4/c1-3-34-17-25(24(33)35-4-2)15-26(16-25,29-23(32)22-14-28-31-30-22)13-18-8-10-19(11-9-18)20-6-5-7-21(27)12-20/h5-12,14H,3-4,13,15-17H2,1-2H3,(H,29,32)(H,28,30,31)/t25-,26-. The molecular weight excluding hydrogens is 468 g/mol. The summed E-state index contributed by atoms with van der Waals surface area (Å²) in [5.74, 6) is -0.614. The molecule has 1 amide bonds. The van der Waals surface area contributed by atoms with E-state index < -0.39 is 11.0 Å². The van der Waals surface area contributed by atoms with Crippen molar-refractivity contribution in [2.45, 2.75) is 38.6 Å². The van der Waals surface area contributed by atoms with Crippen molar-refractivity contribution in [3.63, 3.8) is 0 Å². The topological polar surface area (TPSA) is 106 Å². The molecule has 0 radical (unpaired) electrons. The number of nitrogens with zero attached hydrogens (tertiary/aromatic N) is 2. The third kappa shape index (κ3) is 5.55. The van der Waals surface area contributed by atoms with E-state index in [1.807, 2.05) is 55.5 Å². The number of esters is 1. The summed E-state index contributed by atoms with van der Waals surface area (Å²) in [6, 6.07) is 15.8. The Balaban J connectivity index is 1.58. The molecule has 1 aliphatic carbocycles. The molecule has 8 nitrogen and oxygen atoms in total. The van der Waals surface area contributed by atoms with Crippen LogP contribution in [0.1, 0.15) is 42.7 Å². The predicted octanol–water partition coefficient (Wildman–Crippen LogP) is 4.22. The highest BCUT2D eigenvalue weighted by Gasteiger charge is 2.60. The van der Waals surface area contributed by atoms with Gasteiger partial charge in [-0.05, 0) is 61.9 Å². The van der Waals surface area contributed by atoms with Crippen LogP contribution in [-0.4, -0.2) is 52.6 Å². The molecule has 0 spiro atoms. The van der Waals surface area contributed by atoms with Crippen molar-refractivity contribution in [1.29, 1.82) is 0 Å². The summed E-state index contributed by atoms with van der Waals surface area (Å²) >= 11 is 6.14. The lowest BCUT2D eigenvalue weighted by Crippen LogP contribution is -2.67. The van der Waals surface area contributed by atoms with Gasteiger partial charge in [-0.1, -0.05) is 53.2 Å². The molecule has 0 saturated heterocycles. The van der Waals surface area contributed by atoms with Crippen LogP contribution in [0.4, 0.5) is 0 Å². The first kappa shape index (κ1) is 24.9. The number of amides is 1. The highest BCUT2D eigenvalue weighted by atomic mass is 35.5.